The Morgan fingerprint density at radius 1 is 1.30 bits per heavy atom. The fraction of sp³-hybridized carbons (Fsp3) is 0.308. The van der Waals surface area contributed by atoms with E-state index in [9.17, 15) is 18.8 Å². The van der Waals surface area contributed by atoms with Crippen molar-refractivity contribution in [1.82, 2.24) is 5.32 Å². The van der Waals surface area contributed by atoms with E-state index < -0.39 is 17.7 Å². The lowest BCUT2D eigenvalue weighted by molar-refractivity contribution is -0.137. The highest BCUT2D eigenvalue weighted by atomic mass is 19.1. The largest absolute Gasteiger partial charge is 0.481 e. The van der Waals surface area contributed by atoms with Crippen LogP contribution in [0.4, 0.5) is 10.1 Å². The minimum atomic E-state index is -0.960. The van der Waals surface area contributed by atoms with Crippen LogP contribution in [0.1, 0.15) is 30.1 Å². The van der Waals surface area contributed by atoms with E-state index in [0.29, 0.717) is 5.69 Å². The molecule has 1 aromatic rings. The Hall–Kier alpha value is -2.44. The maximum atomic E-state index is 13.5. The number of benzene rings is 1. The zero-order chi connectivity index (χ0) is 15.1. The molecule has 0 fully saturated rings. The molecule has 0 heterocycles. The number of nitrogens with one attached hydrogen (secondary N) is 2. The van der Waals surface area contributed by atoms with Gasteiger partial charge >= 0.3 is 5.97 Å². The lowest BCUT2D eigenvalue weighted by Gasteiger charge is -2.08. The SMILES string of the molecule is CC(=O)Nc1ccc(F)c(C(=O)NCCCC(=O)O)c1. The van der Waals surface area contributed by atoms with Crippen LogP contribution in [0.15, 0.2) is 18.2 Å². The van der Waals surface area contributed by atoms with E-state index in [-0.39, 0.29) is 30.9 Å². The molecule has 20 heavy (non-hydrogen) atoms. The van der Waals surface area contributed by atoms with Crippen molar-refractivity contribution in [3.05, 3.63) is 29.6 Å². The maximum Gasteiger partial charge on any atom is 0.303 e. The van der Waals surface area contributed by atoms with Gasteiger partial charge in [-0.1, -0.05) is 0 Å². The summed E-state index contributed by atoms with van der Waals surface area (Å²) in [6.45, 7) is 1.43. The molecule has 0 aliphatic carbocycles. The van der Waals surface area contributed by atoms with E-state index in [4.69, 9.17) is 5.11 Å². The Balaban J connectivity index is 2.66. The lowest BCUT2D eigenvalue weighted by Crippen LogP contribution is -2.26. The Morgan fingerprint density at radius 3 is 2.60 bits per heavy atom. The molecule has 0 aliphatic rings. The van der Waals surface area contributed by atoms with Crippen molar-refractivity contribution < 1.29 is 23.9 Å². The second-order valence-electron chi connectivity index (χ2n) is 4.13. The number of carbonyl (C=O) groups is 3. The molecule has 108 valence electrons. The number of anilines is 1. The number of hydrogen-bond acceptors (Lipinski definition) is 3. The summed E-state index contributed by atoms with van der Waals surface area (Å²) in [6.07, 6.45) is 0.183. The number of hydrogen-bond donors (Lipinski definition) is 3. The highest BCUT2D eigenvalue weighted by Crippen LogP contribution is 2.14. The molecule has 7 heteroatoms. The molecule has 1 rings (SSSR count). The van der Waals surface area contributed by atoms with Crippen LogP contribution in [0.3, 0.4) is 0 Å². The predicted molar refractivity (Wildman–Crippen MR) is 69.9 cm³/mol. The summed E-state index contributed by atoms with van der Waals surface area (Å²) < 4.78 is 13.5. The maximum absolute atomic E-state index is 13.5. The van der Waals surface area contributed by atoms with Gasteiger partial charge in [-0.05, 0) is 24.6 Å². The lowest BCUT2D eigenvalue weighted by atomic mass is 10.1. The molecule has 0 bridgehead atoms. The van der Waals surface area contributed by atoms with Crippen molar-refractivity contribution >= 4 is 23.5 Å². The van der Waals surface area contributed by atoms with Gasteiger partial charge in [0.15, 0.2) is 0 Å². The molecule has 0 spiro atoms. The van der Waals surface area contributed by atoms with Crippen LogP contribution in [-0.2, 0) is 9.59 Å². The van der Waals surface area contributed by atoms with Crippen LogP contribution < -0.4 is 10.6 Å². The molecule has 0 saturated carbocycles. The van der Waals surface area contributed by atoms with Gasteiger partial charge in [-0.15, -0.1) is 0 Å². The summed E-state index contributed by atoms with van der Waals surface area (Å²) in [5.41, 5.74) is 0.112. The van der Waals surface area contributed by atoms with Crippen LogP contribution >= 0.6 is 0 Å². The van der Waals surface area contributed by atoms with E-state index in [0.717, 1.165) is 6.07 Å². The molecule has 0 aromatic heterocycles. The van der Waals surface area contributed by atoms with Crippen LogP contribution in [0.25, 0.3) is 0 Å². The van der Waals surface area contributed by atoms with Crippen molar-refractivity contribution in [2.24, 2.45) is 0 Å². The molecule has 3 N–H and O–H groups in total. The summed E-state index contributed by atoms with van der Waals surface area (Å²) in [6, 6.07) is 3.65. The Bertz CT molecular complexity index is 531. The van der Waals surface area contributed by atoms with Crippen molar-refractivity contribution in [2.45, 2.75) is 19.8 Å². The second kappa shape index (κ2) is 7.22. The van der Waals surface area contributed by atoms with Gasteiger partial charge in [0, 0.05) is 25.6 Å². The zero-order valence-electron chi connectivity index (χ0n) is 10.9. The van der Waals surface area contributed by atoms with Crippen LogP contribution in [0, 0.1) is 5.82 Å². The highest BCUT2D eigenvalue weighted by Gasteiger charge is 2.12. The minimum Gasteiger partial charge on any atom is -0.481 e. The first-order valence-electron chi connectivity index (χ1n) is 5.97. The van der Waals surface area contributed by atoms with Crippen LogP contribution in [0.2, 0.25) is 0 Å². The Labute approximate surface area is 115 Å². The summed E-state index contributed by atoms with van der Waals surface area (Å²) >= 11 is 0. The number of carboxylic acids is 1. The first kappa shape index (κ1) is 15.6. The average molecular weight is 282 g/mol. The van der Waals surface area contributed by atoms with Gasteiger partial charge in [-0.2, -0.15) is 0 Å². The first-order valence-corrected chi connectivity index (χ1v) is 5.97. The Kier molecular flexibility index (Phi) is 5.64. The van der Waals surface area contributed by atoms with Gasteiger partial charge < -0.3 is 15.7 Å². The molecular formula is C13H15FN2O4. The van der Waals surface area contributed by atoms with Gasteiger partial charge in [0.25, 0.3) is 5.91 Å². The third-order valence-corrected chi connectivity index (χ3v) is 2.38. The van der Waals surface area contributed by atoms with Crippen molar-refractivity contribution in [3.63, 3.8) is 0 Å². The molecule has 2 amide bonds. The normalized spacial score (nSPS) is 9.90. The third kappa shape index (κ3) is 5.05. The molecule has 0 radical (unpaired) electrons. The fourth-order valence-electron chi connectivity index (χ4n) is 1.52. The number of rotatable bonds is 6. The molecule has 1 aromatic carbocycles. The summed E-state index contributed by atoms with van der Waals surface area (Å²) in [4.78, 5) is 32.9. The molecule has 0 saturated heterocycles. The molecule has 0 aliphatic heterocycles. The molecule has 6 nitrogen and oxygen atoms in total. The topological polar surface area (TPSA) is 95.5 Å². The first-order chi connectivity index (χ1) is 9.40. The minimum absolute atomic E-state index is 0.0747. The van der Waals surface area contributed by atoms with Crippen LogP contribution in [-0.4, -0.2) is 29.4 Å². The van der Waals surface area contributed by atoms with E-state index >= 15 is 0 Å². The summed E-state index contributed by atoms with van der Waals surface area (Å²) in [5, 5.41) is 13.3. The highest BCUT2D eigenvalue weighted by molar-refractivity contribution is 5.97. The average Bonchev–Trinajstić information content (AvgIpc) is 2.36. The van der Waals surface area contributed by atoms with Crippen molar-refractivity contribution in [2.75, 3.05) is 11.9 Å². The van der Waals surface area contributed by atoms with Crippen molar-refractivity contribution in [3.8, 4) is 0 Å². The summed E-state index contributed by atoms with van der Waals surface area (Å²) in [7, 11) is 0. The van der Waals surface area contributed by atoms with E-state index in [1.165, 1.54) is 19.1 Å². The van der Waals surface area contributed by atoms with Gasteiger partial charge in [0.2, 0.25) is 5.91 Å². The Morgan fingerprint density at radius 2 is 2.00 bits per heavy atom. The molecule has 0 atom stereocenters. The monoisotopic (exact) mass is 282 g/mol. The number of halogens is 1. The van der Waals surface area contributed by atoms with Gasteiger partial charge in [0.05, 0.1) is 5.56 Å². The van der Waals surface area contributed by atoms with Crippen LogP contribution in [0.5, 0.6) is 0 Å². The van der Waals surface area contributed by atoms with E-state index in [2.05, 4.69) is 10.6 Å². The standard InChI is InChI=1S/C13H15FN2O4/c1-8(17)16-9-4-5-11(14)10(7-9)13(20)15-6-2-3-12(18)19/h4-5,7H,2-3,6H2,1H3,(H,15,20)(H,16,17)(H,18,19). The summed E-state index contributed by atoms with van der Waals surface area (Å²) in [5.74, 6) is -2.66. The molecular weight excluding hydrogens is 267 g/mol. The second-order valence-corrected chi connectivity index (χ2v) is 4.13. The van der Waals surface area contributed by atoms with Gasteiger partial charge in [-0.3, -0.25) is 14.4 Å². The zero-order valence-corrected chi connectivity index (χ0v) is 10.9. The number of carbonyl (C=O) groups excluding carboxylic acids is 2. The van der Waals surface area contributed by atoms with E-state index in [1.54, 1.807) is 0 Å². The van der Waals surface area contributed by atoms with Gasteiger partial charge in [-0.25, -0.2) is 4.39 Å². The smallest absolute Gasteiger partial charge is 0.303 e. The van der Waals surface area contributed by atoms with E-state index in [1.807, 2.05) is 0 Å². The number of aliphatic carboxylic acids is 1. The van der Waals surface area contributed by atoms with Crippen molar-refractivity contribution in [1.29, 1.82) is 0 Å². The van der Waals surface area contributed by atoms with Gasteiger partial charge in [0.1, 0.15) is 5.82 Å². The molecule has 0 unspecified atom stereocenters. The predicted octanol–water partition coefficient (Wildman–Crippen LogP) is 1.38. The number of carboxylic acid groups (broad SMARTS) is 1. The fourth-order valence-corrected chi connectivity index (χ4v) is 1.52. The third-order valence-electron chi connectivity index (χ3n) is 2.38. The quantitative estimate of drug-likeness (QED) is 0.687. The number of amides is 2.